The average Bonchev–Trinajstić information content (AvgIpc) is 3.19. The van der Waals surface area contributed by atoms with Crippen LogP contribution in [0.2, 0.25) is 0 Å². The summed E-state index contributed by atoms with van der Waals surface area (Å²) in [5.74, 6) is -0.104. The van der Waals surface area contributed by atoms with Gasteiger partial charge in [-0.1, -0.05) is 41.6 Å². The van der Waals surface area contributed by atoms with Gasteiger partial charge in [-0.3, -0.25) is 4.79 Å². The first-order chi connectivity index (χ1) is 12.1. The second-order valence-electron chi connectivity index (χ2n) is 6.02. The fourth-order valence-corrected chi connectivity index (χ4v) is 2.96. The molecule has 4 rings (SSSR count). The molecule has 2 heterocycles. The molecule has 0 radical (unpaired) electrons. The molecule has 0 unspecified atom stereocenters. The molecular formula is C19H17N5O. The number of nitrogens with zero attached hydrogens (tertiary/aromatic N) is 5. The van der Waals surface area contributed by atoms with Gasteiger partial charge in [-0.25, -0.2) is 9.36 Å². The summed E-state index contributed by atoms with van der Waals surface area (Å²) in [6, 6.07) is 16.0. The summed E-state index contributed by atoms with van der Waals surface area (Å²) >= 11 is 0. The van der Waals surface area contributed by atoms with Crippen LogP contribution in [0.4, 0.5) is 0 Å². The highest BCUT2D eigenvalue weighted by atomic mass is 16.2. The minimum Gasteiger partial charge on any atom is -0.273 e. The summed E-state index contributed by atoms with van der Waals surface area (Å²) in [5, 5.41) is 13.7. The Labute approximate surface area is 144 Å². The number of fused-ring (bicyclic) bond motifs is 1. The molecule has 0 N–H and O–H groups in total. The van der Waals surface area contributed by atoms with Gasteiger partial charge in [-0.2, -0.15) is 5.10 Å². The predicted octanol–water partition coefficient (Wildman–Crippen LogP) is 3.31. The zero-order valence-electron chi connectivity index (χ0n) is 14.0. The van der Waals surface area contributed by atoms with Crippen molar-refractivity contribution < 1.29 is 4.79 Å². The molecule has 0 saturated heterocycles. The molecule has 0 fully saturated rings. The fraction of sp³-hybridized carbons (Fsp3) is 0.158. The van der Waals surface area contributed by atoms with Crippen LogP contribution >= 0.6 is 0 Å². The number of hydrogen-bond acceptors (Lipinski definition) is 4. The highest BCUT2D eigenvalue weighted by Gasteiger charge is 2.13. The van der Waals surface area contributed by atoms with Crippen LogP contribution in [-0.4, -0.2) is 30.7 Å². The van der Waals surface area contributed by atoms with Crippen molar-refractivity contribution in [2.75, 3.05) is 0 Å². The van der Waals surface area contributed by atoms with Crippen LogP contribution < -0.4 is 0 Å². The van der Waals surface area contributed by atoms with E-state index in [-0.39, 0.29) is 5.91 Å². The van der Waals surface area contributed by atoms with Crippen LogP contribution in [0.1, 0.15) is 23.0 Å². The summed E-state index contributed by atoms with van der Waals surface area (Å²) in [7, 11) is 0. The molecule has 2 aromatic carbocycles. The zero-order chi connectivity index (χ0) is 17.4. The number of benzene rings is 2. The van der Waals surface area contributed by atoms with Crippen LogP contribution in [0, 0.1) is 6.92 Å². The Kier molecular flexibility index (Phi) is 3.65. The molecule has 124 valence electrons. The Morgan fingerprint density at radius 3 is 2.68 bits per heavy atom. The van der Waals surface area contributed by atoms with Crippen LogP contribution in [0.3, 0.4) is 0 Å². The molecule has 0 spiro atoms. The van der Waals surface area contributed by atoms with Gasteiger partial charge in [-0.15, -0.1) is 5.10 Å². The Hall–Kier alpha value is -3.28. The minimum atomic E-state index is -0.104. The van der Waals surface area contributed by atoms with Crippen molar-refractivity contribution in [1.29, 1.82) is 0 Å². The fourth-order valence-electron chi connectivity index (χ4n) is 2.96. The van der Waals surface area contributed by atoms with E-state index in [4.69, 9.17) is 0 Å². The molecule has 2 aromatic heterocycles. The molecule has 0 atom stereocenters. The molecule has 6 nitrogen and oxygen atoms in total. The summed E-state index contributed by atoms with van der Waals surface area (Å²) in [6.45, 7) is 4.20. The van der Waals surface area contributed by atoms with Gasteiger partial charge in [0.05, 0.1) is 24.0 Å². The van der Waals surface area contributed by atoms with Gasteiger partial charge >= 0.3 is 0 Å². The summed E-state index contributed by atoms with van der Waals surface area (Å²) in [5.41, 5.74) is 4.79. The van der Waals surface area contributed by atoms with Crippen LogP contribution in [0.25, 0.3) is 22.2 Å². The van der Waals surface area contributed by atoms with Gasteiger partial charge in [-0.05, 0) is 24.6 Å². The minimum absolute atomic E-state index is 0.104. The monoisotopic (exact) mass is 331 g/mol. The van der Waals surface area contributed by atoms with Gasteiger partial charge in [0, 0.05) is 17.9 Å². The Morgan fingerprint density at radius 2 is 1.92 bits per heavy atom. The van der Waals surface area contributed by atoms with Crippen molar-refractivity contribution in [1.82, 2.24) is 24.8 Å². The maximum absolute atomic E-state index is 11.6. The van der Waals surface area contributed by atoms with Gasteiger partial charge in [0.15, 0.2) is 0 Å². The number of carbonyl (C=O) groups is 1. The maximum atomic E-state index is 11.6. The number of hydrogen-bond donors (Lipinski definition) is 0. The van der Waals surface area contributed by atoms with Crippen molar-refractivity contribution in [2.45, 2.75) is 20.4 Å². The Balaban J connectivity index is 1.70. The lowest BCUT2D eigenvalue weighted by atomic mass is 10.1. The SMILES string of the molecule is CC(=O)n1ncc2cc(-c3nnn(Cc4ccccc4)c3C)ccc21. The lowest BCUT2D eigenvalue weighted by Crippen LogP contribution is -2.06. The van der Waals surface area contributed by atoms with Crippen molar-refractivity contribution in [2.24, 2.45) is 0 Å². The van der Waals surface area contributed by atoms with Gasteiger partial charge in [0.2, 0.25) is 5.91 Å². The standard InChI is InChI=1S/C19H17N5O/c1-13-19(21-22-23(13)12-15-6-4-3-5-7-15)16-8-9-18-17(10-16)11-20-24(18)14(2)25/h3-11H,12H2,1-2H3. The van der Waals surface area contributed by atoms with Crippen LogP contribution in [0.5, 0.6) is 0 Å². The second-order valence-corrected chi connectivity index (χ2v) is 6.02. The molecule has 25 heavy (non-hydrogen) atoms. The third kappa shape index (κ3) is 2.71. The third-order valence-corrected chi connectivity index (χ3v) is 4.30. The van der Waals surface area contributed by atoms with E-state index < -0.39 is 0 Å². The first-order valence-corrected chi connectivity index (χ1v) is 8.06. The quantitative estimate of drug-likeness (QED) is 0.578. The lowest BCUT2D eigenvalue weighted by molar-refractivity contribution is 0.0927. The normalized spacial score (nSPS) is 11.1. The van der Waals surface area contributed by atoms with E-state index in [1.165, 1.54) is 17.2 Å². The van der Waals surface area contributed by atoms with Gasteiger partial charge < -0.3 is 0 Å². The number of aromatic nitrogens is 5. The van der Waals surface area contributed by atoms with Crippen molar-refractivity contribution in [3.63, 3.8) is 0 Å². The molecule has 4 aromatic rings. The summed E-state index contributed by atoms with van der Waals surface area (Å²) in [4.78, 5) is 11.6. The Morgan fingerprint density at radius 1 is 1.12 bits per heavy atom. The molecule has 0 bridgehead atoms. The molecule has 0 aliphatic heterocycles. The molecule has 0 aliphatic carbocycles. The molecule has 6 heteroatoms. The highest BCUT2D eigenvalue weighted by Crippen LogP contribution is 2.25. The van der Waals surface area contributed by atoms with E-state index in [9.17, 15) is 4.79 Å². The van der Waals surface area contributed by atoms with Crippen LogP contribution in [-0.2, 0) is 6.54 Å². The molecule has 0 aliphatic rings. The maximum Gasteiger partial charge on any atom is 0.244 e. The Bertz CT molecular complexity index is 1060. The highest BCUT2D eigenvalue weighted by molar-refractivity contribution is 5.91. The second kappa shape index (κ2) is 5.98. The van der Waals surface area contributed by atoms with E-state index >= 15 is 0 Å². The van der Waals surface area contributed by atoms with Crippen molar-refractivity contribution in [3.05, 3.63) is 66.0 Å². The predicted molar refractivity (Wildman–Crippen MR) is 95.3 cm³/mol. The summed E-state index contributed by atoms with van der Waals surface area (Å²) in [6.07, 6.45) is 1.70. The van der Waals surface area contributed by atoms with Gasteiger partial charge in [0.1, 0.15) is 5.69 Å². The zero-order valence-corrected chi connectivity index (χ0v) is 14.0. The summed E-state index contributed by atoms with van der Waals surface area (Å²) < 4.78 is 3.30. The smallest absolute Gasteiger partial charge is 0.244 e. The van der Waals surface area contributed by atoms with E-state index in [1.54, 1.807) is 6.20 Å². The lowest BCUT2D eigenvalue weighted by Gasteiger charge is -2.04. The first kappa shape index (κ1) is 15.3. The van der Waals surface area contributed by atoms with Crippen molar-refractivity contribution in [3.8, 4) is 11.3 Å². The van der Waals surface area contributed by atoms with E-state index in [1.807, 2.05) is 48.0 Å². The molecule has 0 saturated carbocycles. The average molecular weight is 331 g/mol. The van der Waals surface area contributed by atoms with E-state index in [2.05, 4.69) is 27.5 Å². The number of rotatable bonds is 3. The van der Waals surface area contributed by atoms with Gasteiger partial charge in [0.25, 0.3) is 0 Å². The molecule has 0 amide bonds. The number of carbonyl (C=O) groups excluding carboxylic acids is 1. The molecular weight excluding hydrogens is 314 g/mol. The van der Waals surface area contributed by atoms with E-state index in [0.717, 1.165) is 27.9 Å². The largest absolute Gasteiger partial charge is 0.273 e. The third-order valence-electron chi connectivity index (χ3n) is 4.30. The van der Waals surface area contributed by atoms with E-state index in [0.29, 0.717) is 6.54 Å². The van der Waals surface area contributed by atoms with Crippen LogP contribution in [0.15, 0.2) is 54.7 Å². The first-order valence-electron chi connectivity index (χ1n) is 8.06. The topological polar surface area (TPSA) is 65.6 Å². The van der Waals surface area contributed by atoms with Crippen molar-refractivity contribution >= 4 is 16.8 Å².